The molecule has 0 aromatic heterocycles. The third kappa shape index (κ3) is 4.30. The molecule has 5 heteroatoms. The molecule has 4 rings (SSSR count). The summed E-state index contributed by atoms with van der Waals surface area (Å²) < 4.78 is 11.8. The second-order valence-electron chi connectivity index (χ2n) is 7.52. The van der Waals surface area contributed by atoms with Crippen molar-refractivity contribution in [3.8, 4) is 5.75 Å². The highest BCUT2D eigenvalue weighted by Gasteiger charge is 2.25. The molecular formula is C23H28N2O3. The molecule has 2 aromatic rings. The van der Waals surface area contributed by atoms with Gasteiger partial charge in [0, 0.05) is 24.8 Å². The molecule has 1 aliphatic heterocycles. The molecule has 28 heavy (non-hydrogen) atoms. The molecular weight excluding hydrogens is 352 g/mol. The number of amides is 1. The number of aryl methyl sites for hydroxylation is 2. The summed E-state index contributed by atoms with van der Waals surface area (Å²) in [5.41, 5.74) is 4.56. The lowest BCUT2D eigenvalue weighted by atomic mass is 9.92. The third-order valence-corrected chi connectivity index (χ3v) is 5.60. The van der Waals surface area contributed by atoms with Crippen LogP contribution in [0.1, 0.15) is 34.3 Å². The molecule has 1 aliphatic carbocycles. The molecule has 1 unspecified atom stereocenters. The molecule has 0 saturated carbocycles. The van der Waals surface area contributed by atoms with Crippen molar-refractivity contribution in [2.75, 3.05) is 38.7 Å². The molecule has 0 radical (unpaired) electrons. The van der Waals surface area contributed by atoms with Crippen LogP contribution < -0.4 is 10.1 Å². The minimum Gasteiger partial charge on any atom is -0.491 e. The minimum atomic E-state index is -0.106. The lowest BCUT2D eigenvalue weighted by Gasteiger charge is -2.33. The van der Waals surface area contributed by atoms with Crippen molar-refractivity contribution in [1.82, 2.24) is 4.90 Å². The molecule has 5 nitrogen and oxygen atoms in total. The Balaban J connectivity index is 1.34. The molecule has 1 N–H and O–H groups in total. The number of rotatable bonds is 5. The highest BCUT2D eigenvalue weighted by Crippen LogP contribution is 2.25. The number of fused-ring (bicyclic) bond motifs is 1. The molecule has 2 aromatic carbocycles. The zero-order valence-electron chi connectivity index (χ0n) is 16.4. The van der Waals surface area contributed by atoms with E-state index >= 15 is 0 Å². The van der Waals surface area contributed by atoms with Crippen LogP contribution in [-0.4, -0.2) is 50.3 Å². The smallest absolute Gasteiger partial charge is 0.254 e. The van der Waals surface area contributed by atoms with Crippen LogP contribution in [0.2, 0.25) is 0 Å². The zero-order chi connectivity index (χ0) is 19.3. The van der Waals surface area contributed by atoms with Gasteiger partial charge in [0.2, 0.25) is 0 Å². The van der Waals surface area contributed by atoms with Crippen molar-refractivity contribution in [2.24, 2.45) is 0 Å². The Kier molecular flexibility index (Phi) is 5.81. The van der Waals surface area contributed by atoms with Gasteiger partial charge in [-0.05, 0) is 73.2 Å². The van der Waals surface area contributed by atoms with Gasteiger partial charge in [-0.3, -0.25) is 4.79 Å². The summed E-state index contributed by atoms with van der Waals surface area (Å²) in [7, 11) is 1.87. The Morgan fingerprint density at radius 2 is 1.93 bits per heavy atom. The van der Waals surface area contributed by atoms with Crippen molar-refractivity contribution in [3.05, 3.63) is 59.2 Å². The standard InChI is InChI=1S/C23H28N2O3/c1-24-20-9-6-18(7-10-20)23(26)25-12-13-27-22(15-25)16-28-21-11-8-17-4-2-3-5-19(17)14-21/h6-11,14,22,24H,2-5,12-13,15-16H2,1H3. The van der Waals surface area contributed by atoms with Crippen molar-refractivity contribution in [2.45, 2.75) is 31.8 Å². The Bertz CT molecular complexity index is 819. The first-order valence-electron chi connectivity index (χ1n) is 10.2. The van der Waals surface area contributed by atoms with Crippen LogP contribution in [0, 0.1) is 0 Å². The van der Waals surface area contributed by atoms with Gasteiger partial charge in [-0.15, -0.1) is 0 Å². The average molecular weight is 380 g/mol. The zero-order valence-corrected chi connectivity index (χ0v) is 16.4. The van der Waals surface area contributed by atoms with Gasteiger partial charge in [0.25, 0.3) is 5.91 Å². The molecule has 1 atom stereocenters. The summed E-state index contributed by atoms with van der Waals surface area (Å²) in [5.74, 6) is 0.945. The van der Waals surface area contributed by atoms with E-state index in [4.69, 9.17) is 9.47 Å². The summed E-state index contributed by atoms with van der Waals surface area (Å²) in [6.07, 6.45) is 4.75. The second kappa shape index (κ2) is 8.65. The lowest BCUT2D eigenvalue weighted by molar-refractivity contribution is -0.0401. The molecule has 1 amide bonds. The summed E-state index contributed by atoms with van der Waals surface area (Å²) >= 11 is 0. The SMILES string of the molecule is CNc1ccc(C(=O)N2CCOC(COc3ccc4c(c3)CCCC4)C2)cc1. The number of benzene rings is 2. The molecule has 1 heterocycles. The maximum Gasteiger partial charge on any atom is 0.254 e. The Labute approximate surface area is 166 Å². The number of morpholine rings is 1. The highest BCUT2D eigenvalue weighted by atomic mass is 16.5. The van der Waals surface area contributed by atoms with Crippen LogP contribution in [0.3, 0.4) is 0 Å². The number of anilines is 1. The Hall–Kier alpha value is -2.53. The fourth-order valence-corrected chi connectivity index (χ4v) is 3.96. The number of ether oxygens (including phenoxy) is 2. The third-order valence-electron chi connectivity index (χ3n) is 5.60. The van der Waals surface area contributed by atoms with Gasteiger partial charge in [0.1, 0.15) is 18.5 Å². The molecule has 0 bridgehead atoms. The average Bonchev–Trinajstić information content (AvgIpc) is 2.77. The van der Waals surface area contributed by atoms with Crippen molar-refractivity contribution in [1.29, 1.82) is 0 Å². The number of nitrogens with zero attached hydrogens (tertiary/aromatic N) is 1. The topological polar surface area (TPSA) is 50.8 Å². The summed E-state index contributed by atoms with van der Waals surface area (Å²) in [6, 6.07) is 14.0. The molecule has 1 saturated heterocycles. The predicted molar refractivity (Wildman–Crippen MR) is 110 cm³/mol. The van der Waals surface area contributed by atoms with Crippen molar-refractivity contribution >= 4 is 11.6 Å². The van der Waals surface area contributed by atoms with Crippen LogP contribution in [0.4, 0.5) is 5.69 Å². The normalized spacial score (nSPS) is 19.0. The first-order chi connectivity index (χ1) is 13.7. The van der Waals surface area contributed by atoms with Gasteiger partial charge in [-0.2, -0.15) is 0 Å². The van der Waals surface area contributed by atoms with Crippen LogP contribution in [-0.2, 0) is 17.6 Å². The van der Waals surface area contributed by atoms with E-state index in [-0.39, 0.29) is 12.0 Å². The van der Waals surface area contributed by atoms with E-state index in [9.17, 15) is 4.79 Å². The van der Waals surface area contributed by atoms with E-state index in [0.717, 1.165) is 17.9 Å². The quantitative estimate of drug-likeness (QED) is 0.862. The summed E-state index contributed by atoms with van der Waals surface area (Å²) in [6.45, 7) is 2.17. The van der Waals surface area contributed by atoms with Gasteiger partial charge < -0.3 is 19.7 Å². The summed E-state index contributed by atoms with van der Waals surface area (Å²) in [4.78, 5) is 14.6. The van der Waals surface area contributed by atoms with E-state index in [1.54, 1.807) is 0 Å². The van der Waals surface area contributed by atoms with E-state index in [1.165, 1.54) is 30.4 Å². The van der Waals surface area contributed by atoms with Crippen LogP contribution >= 0.6 is 0 Å². The number of nitrogens with one attached hydrogen (secondary N) is 1. The minimum absolute atomic E-state index is 0.0460. The number of hydrogen-bond donors (Lipinski definition) is 1. The van der Waals surface area contributed by atoms with Crippen molar-refractivity contribution in [3.63, 3.8) is 0 Å². The van der Waals surface area contributed by atoms with Crippen LogP contribution in [0.25, 0.3) is 0 Å². The number of carbonyl (C=O) groups is 1. The Morgan fingerprint density at radius 1 is 1.14 bits per heavy atom. The Morgan fingerprint density at radius 3 is 2.71 bits per heavy atom. The number of hydrogen-bond acceptors (Lipinski definition) is 4. The van der Waals surface area contributed by atoms with Gasteiger partial charge >= 0.3 is 0 Å². The van der Waals surface area contributed by atoms with Gasteiger partial charge in [-0.25, -0.2) is 0 Å². The van der Waals surface area contributed by atoms with Crippen molar-refractivity contribution < 1.29 is 14.3 Å². The van der Waals surface area contributed by atoms with E-state index in [0.29, 0.717) is 31.9 Å². The molecule has 148 valence electrons. The largest absolute Gasteiger partial charge is 0.491 e. The lowest BCUT2D eigenvalue weighted by Crippen LogP contribution is -2.47. The molecule has 2 aliphatic rings. The van der Waals surface area contributed by atoms with Crippen LogP contribution in [0.5, 0.6) is 5.75 Å². The van der Waals surface area contributed by atoms with Gasteiger partial charge in [-0.1, -0.05) is 6.07 Å². The maximum absolute atomic E-state index is 12.8. The van der Waals surface area contributed by atoms with Crippen LogP contribution in [0.15, 0.2) is 42.5 Å². The monoisotopic (exact) mass is 380 g/mol. The summed E-state index contributed by atoms with van der Waals surface area (Å²) in [5, 5.41) is 3.07. The van der Waals surface area contributed by atoms with Gasteiger partial charge in [0.05, 0.1) is 13.2 Å². The second-order valence-corrected chi connectivity index (χ2v) is 7.52. The molecule has 0 spiro atoms. The number of carbonyl (C=O) groups excluding carboxylic acids is 1. The molecule has 1 fully saturated rings. The first kappa shape index (κ1) is 18.8. The van der Waals surface area contributed by atoms with Gasteiger partial charge in [0.15, 0.2) is 0 Å². The highest BCUT2D eigenvalue weighted by molar-refractivity contribution is 5.94. The fourth-order valence-electron chi connectivity index (χ4n) is 3.96. The van der Waals surface area contributed by atoms with E-state index in [1.807, 2.05) is 36.2 Å². The fraction of sp³-hybridized carbons (Fsp3) is 0.435. The van der Waals surface area contributed by atoms with E-state index in [2.05, 4.69) is 23.5 Å². The van der Waals surface area contributed by atoms with E-state index < -0.39 is 0 Å². The predicted octanol–water partition coefficient (Wildman–Crippen LogP) is 3.53. The maximum atomic E-state index is 12.8. The first-order valence-corrected chi connectivity index (χ1v) is 10.2.